The van der Waals surface area contributed by atoms with E-state index in [0.29, 0.717) is 0 Å². The number of aromatic nitrogens is 2. The Morgan fingerprint density at radius 2 is 2.11 bits per heavy atom. The monoisotopic (exact) mass is 285 g/mol. The fourth-order valence-corrected chi connectivity index (χ4v) is 2.60. The number of aromatic hydroxyl groups is 1. The van der Waals surface area contributed by atoms with E-state index >= 15 is 0 Å². The topological polar surface area (TPSA) is 84.2 Å². The van der Waals surface area contributed by atoms with Crippen molar-refractivity contribution in [2.75, 3.05) is 4.72 Å². The fraction of sp³-hybridized carbons (Fsp3) is 0.182. The number of aryl methyl sites for hydroxylation is 1. The smallest absolute Gasteiger partial charge is 0.268 e. The Bertz CT molecular complexity index is 697. The Morgan fingerprint density at radius 3 is 2.68 bits per heavy atom. The molecule has 0 aliphatic rings. The van der Waals surface area contributed by atoms with E-state index in [2.05, 4.69) is 9.82 Å². The SMILES string of the molecule is CCn1ncc(S(=O)(=O)Nc2ccccc2O)c1F. The molecule has 1 aromatic carbocycles. The van der Waals surface area contributed by atoms with Crippen LogP contribution >= 0.6 is 0 Å². The highest BCUT2D eigenvalue weighted by Crippen LogP contribution is 2.25. The molecule has 0 amide bonds. The van der Waals surface area contributed by atoms with Crippen molar-refractivity contribution in [1.29, 1.82) is 0 Å². The van der Waals surface area contributed by atoms with Crippen LogP contribution in [-0.4, -0.2) is 23.3 Å². The Kier molecular flexibility index (Phi) is 3.43. The standard InChI is InChI=1S/C11H12FN3O3S/c1-2-15-11(12)10(7-13-15)19(17,18)14-8-5-3-4-6-9(8)16/h3-7,14,16H,2H2,1H3. The van der Waals surface area contributed by atoms with Gasteiger partial charge in [-0.3, -0.25) is 4.72 Å². The maximum absolute atomic E-state index is 13.8. The zero-order valence-corrected chi connectivity index (χ0v) is 10.9. The van der Waals surface area contributed by atoms with Crippen molar-refractivity contribution in [3.8, 4) is 5.75 Å². The van der Waals surface area contributed by atoms with Crippen LogP contribution in [0.1, 0.15) is 6.92 Å². The number of rotatable bonds is 4. The molecular formula is C11H12FN3O3S. The summed E-state index contributed by atoms with van der Waals surface area (Å²) in [6, 6.07) is 5.78. The summed E-state index contributed by atoms with van der Waals surface area (Å²) in [5.41, 5.74) is -0.0221. The molecule has 2 aromatic rings. The molecule has 19 heavy (non-hydrogen) atoms. The number of benzene rings is 1. The molecule has 1 aromatic heterocycles. The van der Waals surface area contributed by atoms with Gasteiger partial charge >= 0.3 is 0 Å². The quantitative estimate of drug-likeness (QED) is 0.835. The van der Waals surface area contributed by atoms with Gasteiger partial charge in [-0.05, 0) is 19.1 Å². The largest absolute Gasteiger partial charge is 0.506 e. The molecule has 2 rings (SSSR count). The molecule has 0 fully saturated rings. The van der Waals surface area contributed by atoms with E-state index in [-0.39, 0.29) is 18.0 Å². The van der Waals surface area contributed by atoms with Gasteiger partial charge in [0.2, 0.25) is 5.95 Å². The van der Waals surface area contributed by atoms with Crippen molar-refractivity contribution in [2.24, 2.45) is 0 Å². The lowest BCUT2D eigenvalue weighted by atomic mass is 10.3. The van der Waals surface area contributed by atoms with Crippen LogP contribution in [0.2, 0.25) is 0 Å². The van der Waals surface area contributed by atoms with Crippen molar-refractivity contribution in [3.05, 3.63) is 36.4 Å². The van der Waals surface area contributed by atoms with E-state index < -0.39 is 20.9 Å². The van der Waals surface area contributed by atoms with E-state index in [1.54, 1.807) is 19.1 Å². The molecule has 0 bridgehead atoms. The van der Waals surface area contributed by atoms with Crippen molar-refractivity contribution >= 4 is 15.7 Å². The van der Waals surface area contributed by atoms with E-state index in [0.717, 1.165) is 10.9 Å². The number of phenols is 1. The van der Waals surface area contributed by atoms with Crippen LogP contribution in [0.15, 0.2) is 35.4 Å². The number of anilines is 1. The Morgan fingerprint density at radius 1 is 1.42 bits per heavy atom. The molecule has 0 aliphatic carbocycles. The van der Waals surface area contributed by atoms with Crippen LogP contribution in [0.4, 0.5) is 10.1 Å². The maximum Gasteiger partial charge on any atom is 0.268 e. The number of hydrogen-bond donors (Lipinski definition) is 2. The Labute approximate surface area is 109 Å². The Balaban J connectivity index is 2.38. The third-order valence-electron chi connectivity index (χ3n) is 2.48. The minimum atomic E-state index is -4.12. The zero-order valence-electron chi connectivity index (χ0n) is 10.0. The maximum atomic E-state index is 13.8. The summed E-state index contributed by atoms with van der Waals surface area (Å²) < 4.78 is 40.8. The molecule has 0 atom stereocenters. The summed E-state index contributed by atoms with van der Waals surface area (Å²) in [7, 11) is -4.12. The van der Waals surface area contributed by atoms with Crippen molar-refractivity contribution in [2.45, 2.75) is 18.4 Å². The average molecular weight is 285 g/mol. The second-order valence-electron chi connectivity index (χ2n) is 3.74. The highest BCUT2D eigenvalue weighted by molar-refractivity contribution is 7.92. The van der Waals surface area contributed by atoms with Gasteiger partial charge < -0.3 is 5.11 Å². The average Bonchev–Trinajstić information content (AvgIpc) is 2.74. The van der Waals surface area contributed by atoms with Gasteiger partial charge in [-0.2, -0.15) is 9.49 Å². The van der Waals surface area contributed by atoms with Gasteiger partial charge in [-0.1, -0.05) is 12.1 Å². The van der Waals surface area contributed by atoms with Crippen LogP contribution < -0.4 is 4.72 Å². The van der Waals surface area contributed by atoms with Crippen LogP contribution in [0.25, 0.3) is 0 Å². The second-order valence-corrected chi connectivity index (χ2v) is 5.39. The van der Waals surface area contributed by atoms with Crippen molar-refractivity contribution in [1.82, 2.24) is 9.78 Å². The van der Waals surface area contributed by atoms with Gasteiger partial charge in [0, 0.05) is 6.54 Å². The van der Waals surface area contributed by atoms with Crippen molar-refractivity contribution < 1.29 is 17.9 Å². The molecule has 0 radical (unpaired) electrons. The normalized spacial score (nSPS) is 11.5. The number of sulfonamides is 1. The molecule has 102 valence electrons. The molecular weight excluding hydrogens is 273 g/mol. The minimum Gasteiger partial charge on any atom is -0.506 e. The first kappa shape index (κ1) is 13.3. The predicted octanol–water partition coefficient (Wildman–Crippen LogP) is 1.55. The van der Waals surface area contributed by atoms with E-state index in [9.17, 15) is 17.9 Å². The highest BCUT2D eigenvalue weighted by Gasteiger charge is 2.24. The van der Waals surface area contributed by atoms with E-state index in [1.807, 2.05) is 0 Å². The van der Waals surface area contributed by atoms with Gasteiger partial charge in [0.05, 0.1) is 11.9 Å². The number of phenolic OH excluding ortho intramolecular Hbond substituents is 1. The predicted molar refractivity (Wildman–Crippen MR) is 66.8 cm³/mol. The lowest BCUT2D eigenvalue weighted by molar-refractivity contribution is 0.454. The van der Waals surface area contributed by atoms with Crippen LogP contribution in [0.3, 0.4) is 0 Å². The molecule has 0 spiro atoms. The lowest BCUT2D eigenvalue weighted by Crippen LogP contribution is -2.14. The first-order chi connectivity index (χ1) is 8.95. The van der Waals surface area contributed by atoms with Gasteiger partial charge in [0.15, 0.2) is 4.90 Å². The van der Waals surface area contributed by atoms with Crippen LogP contribution in [0, 0.1) is 5.95 Å². The van der Waals surface area contributed by atoms with E-state index in [1.165, 1.54) is 12.1 Å². The fourth-order valence-electron chi connectivity index (χ4n) is 1.51. The summed E-state index contributed by atoms with van der Waals surface area (Å²) in [5, 5.41) is 13.1. The van der Waals surface area contributed by atoms with Crippen LogP contribution in [-0.2, 0) is 16.6 Å². The lowest BCUT2D eigenvalue weighted by Gasteiger charge is -2.07. The summed E-state index contributed by atoms with van der Waals surface area (Å²) in [6.45, 7) is 1.86. The molecule has 2 N–H and O–H groups in total. The second kappa shape index (κ2) is 4.88. The molecule has 0 saturated heterocycles. The summed E-state index contributed by atoms with van der Waals surface area (Å²) >= 11 is 0. The summed E-state index contributed by atoms with van der Waals surface area (Å²) in [5.74, 6) is -1.18. The molecule has 8 heteroatoms. The molecule has 0 unspecified atom stereocenters. The first-order valence-electron chi connectivity index (χ1n) is 5.48. The highest BCUT2D eigenvalue weighted by atomic mass is 32.2. The first-order valence-corrected chi connectivity index (χ1v) is 6.96. The van der Waals surface area contributed by atoms with Gasteiger partial charge in [-0.15, -0.1) is 0 Å². The third kappa shape index (κ3) is 2.53. The Hall–Kier alpha value is -2.09. The molecule has 6 nitrogen and oxygen atoms in total. The van der Waals surface area contributed by atoms with E-state index in [4.69, 9.17) is 0 Å². The van der Waals surface area contributed by atoms with Gasteiger partial charge in [0.1, 0.15) is 5.75 Å². The summed E-state index contributed by atoms with van der Waals surface area (Å²) in [4.78, 5) is -0.558. The number of hydrogen-bond acceptors (Lipinski definition) is 4. The zero-order chi connectivity index (χ0) is 14.0. The molecule has 1 heterocycles. The number of nitrogens with zero attached hydrogens (tertiary/aromatic N) is 2. The number of para-hydroxylation sites is 2. The molecule has 0 aliphatic heterocycles. The van der Waals surface area contributed by atoms with Gasteiger partial charge in [0.25, 0.3) is 10.0 Å². The summed E-state index contributed by atoms with van der Waals surface area (Å²) in [6.07, 6.45) is 0.932. The number of halogens is 1. The number of nitrogens with one attached hydrogen (secondary N) is 1. The van der Waals surface area contributed by atoms with Crippen LogP contribution in [0.5, 0.6) is 5.75 Å². The van der Waals surface area contributed by atoms with Gasteiger partial charge in [-0.25, -0.2) is 13.1 Å². The third-order valence-corrected chi connectivity index (χ3v) is 3.82. The molecule has 0 saturated carbocycles. The minimum absolute atomic E-state index is 0.0221. The van der Waals surface area contributed by atoms with Crippen molar-refractivity contribution in [3.63, 3.8) is 0 Å².